The summed E-state index contributed by atoms with van der Waals surface area (Å²) in [6.07, 6.45) is 0. The van der Waals surface area contributed by atoms with Crippen molar-refractivity contribution in [3.8, 4) is 23.0 Å². The van der Waals surface area contributed by atoms with E-state index < -0.39 is 0 Å². The van der Waals surface area contributed by atoms with Crippen molar-refractivity contribution in [1.82, 2.24) is 10.2 Å². The highest BCUT2D eigenvalue weighted by Gasteiger charge is 2.10. The van der Waals surface area contributed by atoms with Crippen LogP contribution in [0.25, 0.3) is 11.5 Å². The van der Waals surface area contributed by atoms with Gasteiger partial charge in [0.05, 0.1) is 7.11 Å². The summed E-state index contributed by atoms with van der Waals surface area (Å²) in [6.45, 7) is 4.35. The number of rotatable bonds is 5. The van der Waals surface area contributed by atoms with Crippen molar-refractivity contribution < 1.29 is 13.9 Å². The average Bonchev–Trinajstić information content (AvgIpc) is 3.05. The Kier molecular flexibility index (Phi) is 4.28. The molecule has 0 bridgehead atoms. The molecule has 3 aromatic rings. The third-order valence-electron chi connectivity index (χ3n) is 3.62. The second kappa shape index (κ2) is 6.52. The van der Waals surface area contributed by atoms with Crippen LogP contribution in [0.3, 0.4) is 0 Å². The van der Waals surface area contributed by atoms with Crippen molar-refractivity contribution in [2.24, 2.45) is 0 Å². The average molecular weight is 310 g/mol. The van der Waals surface area contributed by atoms with Crippen LogP contribution in [0.4, 0.5) is 0 Å². The summed E-state index contributed by atoms with van der Waals surface area (Å²) in [5, 5.41) is 8.07. The van der Waals surface area contributed by atoms with Crippen LogP contribution in [0.15, 0.2) is 46.9 Å². The maximum atomic E-state index is 5.70. The summed E-state index contributed by atoms with van der Waals surface area (Å²) >= 11 is 0. The summed E-state index contributed by atoms with van der Waals surface area (Å²) in [7, 11) is 1.62. The van der Waals surface area contributed by atoms with E-state index in [2.05, 4.69) is 24.0 Å². The molecule has 0 radical (unpaired) electrons. The van der Waals surface area contributed by atoms with E-state index in [1.54, 1.807) is 7.11 Å². The number of benzene rings is 2. The maximum absolute atomic E-state index is 5.70. The van der Waals surface area contributed by atoms with Gasteiger partial charge in [0.25, 0.3) is 5.89 Å². The van der Waals surface area contributed by atoms with Crippen molar-refractivity contribution in [3.05, 3.63) is 59.5 Å². The Morgan fingerprint density at radius 1 is 0.957 bits per heavy atom. The molecule has 0 spiro atoms. The smallest absolute Gasteiger partial charge is 0.254 e. The number of hydrogen-bond acceptors (Lipinski definition) is 5. The molecular weight excluding hydrogens is 292 g/mol. The first-order chi connectivity index (χ1) is 11.2. The van der Waals surface area contributed by atoms with Crippen LogP contribution in [0.2, 0.25) is 0 Å². The van der Waals surface area contributed by atoms with E-state index in [0.29, 0.717) is 11.8 Å². The highest BCUT2D eigenvalue weighted by molar-refractivity contribution is 5.55. The highest BCUT2D eigenvalue weighted by atomic mass is 16.5. The van der Waals surface area contributed by atoms with E-state index in [1.165, 1.54) is 11.1 Å². The van der Waals surface area contributed by atoms with Crippen molar-refractivity contribution >= 4 is 0 Å². The number of hydrogen-bond donors (Lipinski definition) is 0. The number of methoxy groups -OCH3 is 1. The van der Waals surface area contributed by atoms with E-state index in [1.807, 2.05) is 42.5 Å². The molecule has 0 amide bonds. The molecule has 0 N–H and O–H groups in total. The van der Waals surface area contributed by atoms with Crippen LogP contribution < -0.4 is 9.47 Å². The molecule has 5 heteroatoms. The Labute approximate surface area is 134 Å². The van der Waals surface area contributed by atoms with Gasteiger partial charge < -0.3 is 13.9 Å². The molecule has 0 saturated heterocycles. The van der Waals surface area contributed by atoms with Gasteiger partial charge in [0.2, 0.25) is 5.89 Å². The first-order valence-electron chi connectivity index (χ1n) is 7.32. The van der Waals surface area contributed by atoms with Crippen molar-refractivity contribution in [1.29, 1.82) is 0 Å². The van der Waals surface area contributed by atoms with Crippen molar-refractivity contribution in [3.63, 3.8) is 0 Å². The SMILES string of the molecule is COc1cccc(-c2nnc(COc3ccc(C)c(C)c3)o2)c1. The van der Waals surface area contributed by atoms with Gasteiger partial charge in [-0.05, 0) is 55.3 Å². The second-order valence-corrected chi connectivity index (χ2v) is 5.27. The van der Waals surface area contributed by atoms with Gasteiger partial charge in [-0.2, -0.15) is 0 Å². The molecule has 0 aliphatic rings. The van der Waals surface area contributed by atoms with E-state index >= 15 is 0 Å². The van der Waals surface area contributed by atoms with Crippen LogP contribution in [0.5, 0.6) is 11.5 Å². The number of aryl methyl sites for hydroxylation is 2. The zero-order valence-corrected chi connectivity index (χ0v) is 13.4. The fraction of sp³-hybridized carbons (Fsp3) is 0.222. The molecule has 0 fully saturated rings. The third-order valence-corrected chi connectivity index (χ3v) is 3.62. The van der Waals surface area contributed by atoms with Crippen LogP contribution >= 0.6 is 0 Å². The monoisotopic (exact) mass is 310 g/mol. The topological polar surface area (TPSA) is 57.4 Å². The van der Waals surface area contributed by atoms with Crippen LogP contribution in [0.1, 0.15) is 17.0 Å². The molecule has 0 saturated carbocycles. The molecular formula is C18H18N2O3. The van der Waals surface area contributed by atoms with E-state index in [9.17, 15) is 0 Å². The fourth-order valence-corrected chi connectivity index (χ4v) is 2.13. The Morgan fingerprint density at radius 3 is 2.61 bits per heavy atom. The molecule has 23 heavy (non-hydrogen) atoms. The normalized spacial score (nSPS) is 10.6. The molecule has 1 aromatic heterocycles. The predicted molar refractivity (Wildman–Crippen MR) is 86.5 cm³/mol. The minimum Gasteiger partial charge on any atom is -0.497 e. The van der Waals surface area contributed by atoms with Gasteiger partial charge in [0.15, 0.2) is 6.61 Å². The van der Waals surface area contributed by atoms with Gasteiger partial charge in [-0.3, -0.25) is 0 Å². The lowest BCUT2D eigenvalue weighted by Gasteiger charge is -2.06. The van der Waals surface area contributed by atoms with Gasteiger partial charge >= 0.3 is 0 Å². The standard InChI is InChI=1S/C18H18N2O3/c1-12-7-8-16(9-13(12)2)22-11-17-19-20-18(23-17)14-5-4-6-15(10-14)21-3/h4-10H,11H2,1-3H3. The van der Waals surface area contributed by atoms with Crippen molar-refractivity contribution in [2.45, 2.75) is 20.5 Å². The lowest BCUT2D eigenvalue weighted by Crippen LogP contribution is -1.96. The van der Waals surface area contributed by atoms with Gasteiger partial charge in [0, 0.05) is 5.56 Å². The zero-order valence-electron chi connectivity index (χ0n) is 13.4. The van der Waals surface area contributed by atoms with Crippen LogP contribution in [0, 0.1) is 13.8 Å². The zero-order chi connectivity index (χ0) is 16.2. The minimum atomic E-state index is 0.236. The van der Waals surface area contributed by atoms with E-state index in [0.717, 1.165) is 17.1 Å². The lowest BCUT2D eigenvalue weighted by molar-refractivity contribution is 0.264. The predicted octanol–water partition coefficient (Wildman–Crippen LogP) is 3.94. The van der Waals surface area contributed by atoms with Crippen LogP contribution in [-0.2, 0) is 6.61 Å². The molecule has 5 nitrogen and oxygen atoms in total. The Balaban J connectivity index is 1.70. The van der Waals surface area contributed by atoms with Gasteiger partial charge in [0.1, 0.15) is 11.5 Å². The third kappa shape index (κ3) is 3.51. The molecule has 0 aliphatic heterocycles. The summed E-state index contributed by atoms with van der Waals surface area (Å²) in [4.78, 5) is 0. The maximum Gasteiger partial charge on any atom is 0.254 e. The lowest BCUT2D eigenvalue weighted by atomic mass is 10.1. The van der Waals surface area contributed by atoms with Crippen LogP contribution in [-0.4, -0.2) is 17.3 Å². The van der Waals surface area contributed by atoms with Gasteiger partial charge in [-0.15, -0.1) is 10.2 Å². The molecule has 0 atom stereocenters. The number of aromatic nitrogens is 2. The van der Waals surface area contributed by atoms with Gasteiger partial charge in [-0.1, -0.05) is 12.1 Å². The molecule has 3 rings (SSSR count). The number of ether oxygens (including phenoxy) is 2. The first kappa shape index (κ1) is 15.1. The highest BCUT2D eigenvalue weighted by Crippen LogP contribution is 2.23. The Hall–Kier alpha value is -2.82. The molecule has 118 valence electrons. The molecule has 2 aromatic carbocycles. The summed E-state index contributed by atoms with van der Waals surface area (Å²) in [6, 6.07) is 13.4. The molecule has 0 aliphatic carbocycles. The summed E-state index contributed by atoms with van der Waals surface area (Å²) < 4.78 is 16.5. The van der Waals surface area contributed by atoms with Crippen molar-refractivity contribution in [2.75, 3.05) is 7.11 Å². The summed E-state index contributed by atoms with van der Waals surface area (Å²) in [5.41, 5.74) is 3.23. The Bertz CT molecular complexity index is 812. The van der Waals surface area contributed by atoms with E-state index in [-0.39, 0.29) is 6.61 Å². The molecule has 0 unspecified atom stereocenters. The quantitative estimate of drug-likeness (QED) is 0.714. The van der Waals surface area contributed by atoms with E-state index in [4.69, 9.17) is 13.9 Å². The minimum absolute atomic E-state index is 0.236. The largest absolute Gasteiger partial charge is 0.497 e. The fourth-order valence-electron chi connectivity index (χ4n) is 2.13. The second-order valence-electron chi connectivity index (χ2n) is 5.27. The first-order valence-corrected chi connectivity index (χ1v) is 7.32. The van der Waals surface area contributed by atoms with Gasteiger partial charge in [-0.25, -0.2) is 0 Å². The Morgan fingerprint density at radius 2 is 1.83 bits per heavy atom. The summed E-state index contributed by atoms with van der Waals surface area (Å²) in [5.74, 6) is 2.41. The number of nitrogens with zero attached hydrogens (tertiary/aromatic N) is 2. The molecule has 1 heterocycles.